The lowest BCUT2D eigenvalue weighted by Gasteiger charge is -2.36. The number of piperazine rings is 1. The third-order valence-electron chi connectivity index (χ3n) is 3.29. The molecule has 2 rings (SSSR count). The average molecular weight is 297 g/mol. The van der Waals surface area contributed by atoms with Gasteiger partial charge in [0.15, 0.2) is 0 Å². The van der Waals surface area contributed by atoms with Crippen LogP contribution >= 0.6 is 11.6 Å². The minimum absolute atomic E-state index is 0.0492. The van der Waals surface area contributed by atoms with Crippen molar-refractivity contribution < 1.29 is 9.53 Å². The topological polar surface area (TPSA) is 32.8 Å². The number of carbonyl (C=O) groups is 1. The van der Waals surface area contributed by atoms with E-state index < -0.39 is 0 Å². The summed E-state index contributed by atoms with van der Waals surface area (Å²) in [7, 11) is 0. The van der Waals surface area contributed by atoms with Crippen molar-refractivity contribution in [1.82, 2.24) is 4.90 Å². The molecule has 1 saturated heterocycles. The maximum atomic E-state index is 11.6. The van der Waals surface area contributed by atoms with Crippen LogP contribution in [0, 0.1) is 0 Å². The zero-order valence-electron chi connectivity index (χ0n) is 12.0. The summed E-state index contributed by atoms with van der Waals surface area (Å²) in [5.41, 5.74) is 1.07. The predicted octanol–water partition coefficient (Wildman–Crippen LogP) is 2.41. The Bertz CT molecular complexity index is 457. The predicted molar refractivity (Wildman–Crippen MR) is 81.3 cm³/mol. The molecule has 1 heterocycles. The molecule has 110 valence electrons. The van der Waals surface area contributed by atoms with E-state index >= 15 is 0 Å². The molecular formula is C15H21ClN2O2. The Morgan fingerprint density at radius 3 is 2.50 bits per heavy atom. The van der Waals surface area contributed by atoms with E-state index in [0.29, 0.717) is 6.54 Å². The molecule has 0 spiro atoms. The SMILES string of the molecule is CC(C)OC(=O)CN1CCN(c2ccccc2Cl)CC1. The number of carbonyl (C=O) groups excluding carboxylic acids is 1. The molecule has 0 amide bonds. The molecule has 0 bridgehead atoms. The Labute approximate surface area is 125 Å². The van der Waals surface area contributed by atoms with Gasteiger partial charge in [0.25, 0.3) is 0 Å². The number of esters is 1. The fourth-order valence-electron chi connectivity index (χ4n) is 2.34. The lowest BCUT2D eigenvalue weighted by atomic mass is 10.2. The maximum absolute atomic E-state index is 11.6. The first-order valence-electron chi connectivity index (χ1n) is 6.97. The monoisotopic (exact) mass is 296 g/mol. The second-order valence-corrected chi connectivity index (χ2v) is 5.66. The van der Waals surface area contributed by atoms with Crippen LogP contribution in [0.1, 0.15) is 13.8 Å². The van der Waals surface area contributed by atoms with E-state index in [9.17, 15) is 4.79 Å². The molecule has 1 aromatic rings. The Morgan fingerprint density at radius 1 is 1.25 bits per heavy atom. The number of nitrogens with zero attached hydrogens (tertiary/aromatic N) is 2. The highest BCUT2D eigenvalue weighted by atomic mass is 35.5. The summed E-state index contributed by atoms with van der Waals surface area (Å²) >= 11 is 6.21. The van der Waals surface area contributed by atoms with Crippen LogP contribution in [0.3, 0.4) is 0 Å². The average Bonchev–Trinajstić information content (AvgIpc) is 2.39. The van der Waals surface area contributed by atoms with Crippen molar-refractivity contribution in [2.75, 3.05) is 37.6 Å². The van der Waals surface area contributed by atoms with Gasteiger partial charge in [-0.3, -0.25) is 9.69 Å². The zero-order valence-corrected chi connectivity index (χ0v) is 12.8. The van der Waals surface area contributed by atoms with E-state index in [1.54, 1.807) is 0 Å². The number of hydrogen-bond donors (Lipinski definition) is 0. The van der Waals surface area contributed by atoms with Crippen molar-refractivity contribution in [1.29, 1.82) is 0 Å². The first-order valence-corrected chi connectivity index (χ1v) is 7.35. The van der Waals surface area contributed by atoms with Gasteiger partial charge in [0.1, 0.15) is 0 Å². The number of para-hydroxylation sites is 1. The van der Waals surface area contributed by atoms with Crippen LogP contribution in [0.5, 0.6) is 0 Å². The second kappa shape index (κ2) is 6.95. The van der Waals surface area contributed by atoms with E-state index in [4.69, 9.17) is 16.3 Å². The van der Waals surface area contributed by atoms with E-state index in [2.05, 4.69) is 9.80 Å². The molecule has 0 radical (unpaired) electrons. The summed E-state index contributed by atoms with van der Waals surface area (Å²) in [6, 6.07) is 7.87. The number of benzene rings is 1. The molecule has 1 fully saturated rings. The minimum Gasteiger partial charge on any atom is -0.462 e. The molecule has 0 atom stereocenters. The Balaban J connectivity index is 1.84. The Kier molecular flexibility index (Phi) is 5.26. The van der Waals surface area contributed by atoms with E-state index in [0.717, 1.165) is 36.9 Å². The Morgan fingerprint density at radius 2 is 1.90 bits per heavy atom. The molecule has 1 aliphatic rings. The van der Waals surface area contributed by atoms with Gasteiger partial charge in [-0.05, 0) is 26.0 Å². The van der Waals surface area contributed by atoms with Gasteiger partial charge in [-0.25, -0.2) is 0 Å². The highest BCUT2D eigenvalue weighted by Gasteiger charge is 2.21. The van der Waals surface area contributed by atoms with Crippen LogP contribution in [0.4, 0.5) is 5.69 Å². The molecule has 0 unspecified atom stereocenters. The summed E-state index contributed by atoms with van der Waals surface area (Å²) in [4.78, 5) is 16.0. The molecular weight excluding hydrogens is 276 g/mol. The van der Waals surface area contributed by atoms with Crippen molar-refractivity contribution in [2.24, 2.45) is 0 Å². The fourth-order valence-corrected chi connectivity index (χ4v) is 2.59. The summed E-state index contributed by atoms with van der Waals surface area (Å²) < 4.78 is 5.17. The van der Waals surface area contributed by atoms with Gasteiger partial charge in [0.05, 0.1) is 23.4 Å². The van der Waals surface area contributed by atoms with E-state index in [1.165, 1.54) is 0 Å². The first kappa shape index (κ1) is 15.1. The van der Waals surface area contributed by atoms with Crippen molar-refractivity contribution in [3.63, 3.8) is 0 Å². The van der Waals surface area contributed by atoms with Crippen LogP contribution in [0.15, 0.2) is 24.3 Å². The van der Waals surface area contributed by atoms with Crippen molar-refractivity contribution in [3.8, 4) is 0 Å². The van der Waals surface area contributed by atoms with Crippen molar-refractivity contribution >= 4 is 23.3 Å². The van der Waals surface area contributed by atoms with Gasteiger partial charge >= 0.3 is 5.97 Å². The smallest absolute Gasteiger partial charge is 0.320 e. The third kappa shape index (κ3) is 4.12. The van der Waals surface area contributed by atoms with E-state index in [-0.39, 0.29) is 12.1 Å². The molecule has 1 aliphatic heterocycles. The summed E-state index contributed by atoms with van der Waals surface area (Å²) in [6.07, 6.45) is -0.0492. The van der Waals surface area contributed by atoms with Gasteiger partial charge in [-0.15, -0.1) is 0 Å². The molecule has 0 aromatic heterocycles. The summed E-state index contributed by atoms with van der Waals surface area (Å²) in [5.74, 6) is -0.147. The molecule has 0 aliphatic carbocycles. The van der Waals surface area contributed by atoms with Crippen LogP contribution < -0.4 is 4.90 Å². The maximum Gasteiger partial charge on any atom is 0.320 e. The summed E-state index contributed by atoms with van der Waals surface area (Å²) in [6.45, 7) is 7.54. The first-order chi connectivity index (χ1) is 9.56. The summed E-state index contributed by atoms with van der Waals surface area (Å²) in [5, 5.41) is 0.778. The quantitative estimate of drug-likeness (QED) is 0.799. The van der Waals surface area contributed by atoms with Crippen LogP contribution in [0.2, 0.25) is 5.02 Å². The van der Waals surface area contributed by atoms with Crippen molar-refractivity contribution in [2.45, 2.75) is 20.0 Å². The lowest BCUT2D eigenvalue weighted by Crippen LogP contribution is -2.48. The standard InChI is InChI=1S/C15H21ClN2O2/c1-12(2)20-15(19)11-17-7-9-18(10-8-17)14-6-4-3-5-13(14)16/h3-6,12H,7-11H2,1-2H3. The highest BCUT2D eigenvalue weighted by Crippen LogP contribution is 2.25. The Hall–Kier alpha value is -1.26. The van der Waals surface area contributed by atoms with Crippen LogP contribution in [-0.4, -0.2) is 49.7 Å². The largest absolute Gasteiger partial charge is 0.462 e. The molecule has 5 heteroatoms. The number of halogens is 1. The normalized spacial score (nSPS) is 16.5. The van der Waals surface area contributed by atoms with Gasteiger partial charge in [0, 0.05) is 26.2 Å². The van der Waals surface area contributed by atoms with Crippen LogP contribution in [0.25, 0.3) is 0 Å². The number of anilines is 1. The number of rotatable bonds is 4. The second-order valence-electron chi connectivity index (χ2n) is 5.25. The van der Waals surface area contributed by atoms with Crippen molar-refractivity contribution in [3.05, 3.63) is 29.3 Å². The molecule has 4 nitrogen and oxygen atoms in total. The van der Waals surface area contributed by atoms with Gasteiger partial charge in [0.2, 0.25) is 0 Å². The fraction of sp³-hybridized carbons (Fsp3) is 0.533. The van der Waals surface area contributed by atoms with Gasteiger partial charge in [-0.1, -0.05) is 23.7 Å². The number of hydrogen-bond acceptors (Lipinski definition) is 4. The highest BCUT2D eigenvalue weighted by molar-refractivity contribution is 6.33. The molecule has 0 N–H and O–H groups in total. The third-order valence-corrected chi connectivity index (χ3v) is 3.60. The molecule has 1 aromatic carbocycles. The van der Waals surface area contributed by atoms with Crippen LogP contribution in [-0.2, 0) is 9.53 Å². The molecule has 0 saturated carbocycles. The molecule has 20 heavy (non-hydrogen) atoms. The lowest BCUT2D eigenvalue weighted by molar-refractivity contribution is -0.148. The number of ether oxygens (including phenoxy) is 1. The van der Waals surface area contributed by atoms with Gasteiger partial charge in [-0.2, -0.15) is 0 Å². The minimum atomic E-state index is -0.147. The zero-order chi connectivity index (χ0) is 14.5. The van der Waals surface area contributed by atoms with E-state index in [1.807, 2.05) is 38.1 Å². The van der Waals surface area contributed by atoms with Gasteiger partial charge < -0.3 is 9.64 Å².